The smallest absolute Gasteiger partial charge is 0.388 e. The molecule has 2 nitrogen and oxygen atoms in total. The Hall–Kier alpha value is -0.670. The highest BCUT2D eigenvalue weighted by molar-refractivity contribution is 14.1. The Bertz CT molecular complexity index is 393. The van der Waals surface area contributed by atoms with Gasteiger partial charge in [0, 0.05) is 11.6 Å². The second-order valence-corrected chi connectivity index (χ2v) is 3.84. The molecule has 1 aromatic rings. The van der Waals surface area contributed by atoms with Gasteiger partial charge in [-0.3, -0.25) is 0 Å². The first kappa shape index (κ1) is 13.4. The Labute approximate surface area is 101 Å². The van der Waals surface area contributed by atoms with Crippen LogP contribution in [-0.4, -0.2) is 11.3 Å². The Morgan fingerprint density at radius 1 is 1.38 bits per heavy atom. The van der Waals surface area contributed by atoms with Gasteiger partial charge in [-0.2, -0.15) is 0 Å². The third-order valence-electron chi connectivity index (χ3n) is 1.69. The van der Waals surface area contributed by atoms with Crippen molar-refractivity contribution in [3.8, 4) is 5.88 Å². The van der Waals surface area contributed by atoms with Crippen molar-refractivity contribution in [2.75, 3.05) is 0 Å². The number of alkyl halides is 5. The number of pyridine rings is 1. The van der Waals surface area contributed by atoms with Crippen LogP contribution in [0.3, 0.4) is 0 Å². The van der Waals surface area contributed by atoms with Crippen LogP contribution in [0.25, 0.3) is 0 Å². The van der Waals surface area contributed by atoms with Crippen molar-refractivity contribution in [2.45, 2.75) is 19.7 Å². The van der Waals surface area contributed by atoms with E-state index in [-0.39, 0.29) is 9.26 Å². The largest absolute Gasteiger partial charge is 0.574 e. The lowest BCUT2D eigenvalue weighted by molar-refractivity contribution is -0.276. The molecule has 1 rings (SSSR count). The van der Waals surface area contributed by atoms with Gasteiger partial charge in [-0.25, -0.2) is 13.8 Å². The molecule has 0 aliphatic carbocycles. The highest BCUT2D eigenvalue weighted by atomic mass is 127. The van der Waals surface area contributed by atoms with E-state index >= 15 is 0 Å². The van der Waals surface area contributed by atoms with Gasteiger partial charge in [0.2, 0.25) is 5.88 Å². The summed E-state index contributed by atoms with van der Waals surface area (Å²) in [4.78, 5) is 3.41. The minimum absolute atomic E-state index is 0.0506. The molecule has 0 aliphatic heterocycles. The fourth-order valence-electron chi connectivity index (χ4n) is 0.971. The number of nitrogens with zero attached hydrogens (tertiary/aromatic N) is 1. The number of halogens is 6. The predicted molar refractivity (Wildman–Crippen MR) is 53.3 cm³/mol. The van der Waals surface area contributed by atoms with E-state index < -0.39 is 24.2 Å². The minimum Gasteiger partial charge on any atom is -0.388 e. The second-order valence-electron chi connectivity index (χ2n) is 2.81. The zero-order valence-electron chi connectivity index (χ0n) is 7.78. The monoisotopic (exact) mass is 353 g/mol. The molecular formula is C8H5F5INO. The number of aromatic nitrogens is 1. The van der Waals surface area contributed by atoms with Gasteiger partial charge in [0.15, 0.2) is 0 Å². The van der Waals surface area contributed by atoms with E-state index in [1.54, 1.807) is 22.6 Å². The molecule has 0 aromatic carbocycles. The van der Waals surface area contributed by atoms with Crippen LogP contribution in [0.5, 0.6) is 5.88 Å². The molecule has 0 atom stereocenters. The third kappa shape index (κ3) is 3.42. The lowest BCUT2D eigenvalue weighted by Gasteiger charge is -2.12. The van der Waals surface area contributed by atoms with E-state index in [2.05, 4.69) is 9.72 Å². The van der Waals surface area contributed by atoms with E-state index in [1.807, 2.05) is 0 Å². The first-order chi connectivity index (χ1) is 7.20. The molecule has 90 valence electrons. The van der Waals surface area contributed by atoms with Gasteiger partial charge in [-0.05, 0) is 35.1 Å². The van der Waals surface area contributed by atoms with E-state index in [4.69, 9.17) is 0 Å². The van der Waals surface area contributed by atoms with Gasteiger partial charge in [0.1, 0.15) is 3.70 Å². The highest BCUT2D eigenvalue weighted by Crippen LogP contribution is 2.30. The molecule has 0 amide bonds. The standard InChI is InChI=1S/C8H5F5INO/c1-3-4(6(9)10)2-5(15-7(3)14)16-8(11,12)13/h2,6H,1H3. The topological polar surface area (TPSA) is 22.1 Å². The van der Waals surface area contributed by atoms with Crippen molar-refractivity contribution >= 4 is 22.6 Å². The molecule has 16 heavy (non-hydrogen) atoms. The van der Waals surface area contributed by atoms with Gasteiger partial charge in [0.25, 0.3) is 6.43 Å². The maximum atomic E-state index is 12.5. The molecule has 0 spiro atoms. The molecule has 8 heteroatoms. The fourth-order valence-corrected chi connectivity index (χ4v) is 1.52. The third-order valence-corrected chi connectivity index (χ3v) is 2.74. The lowest BCUT2D eigenvalue weighted by atomic mass is 10.2. The number of rotatable bonds is 2. The van der Waals surface area contributed by atoms with E-state index in [0.29, 0.717) is 6.07 Å². The summed E-state index contributed by atoms with van der Waals surface area (Å²) in [7, 11) is 0. The second kappa shape index (κ2) is 4.68. The number of ether oxygens (including phenoxy) is 1. The van der Waals surface area contributed by atoms with Gasteiger partial charge >= 0.3 is 6.36 Å². The van der Waals surface area contributed by atoms with Crippen LogP contribution >= 0.6 is 22.6 Å². The van der Waals surface area contributed by atoms with Crippen LogP contribution in [0.4, 0.5) is 22.0 Å². The van der Waals surface area contributed by atoms with E-state index in [0.717, 1.165) is 0 Å². The maximum Gasteiger partial charge on any atom is 0.574 e. The first-order valence-electron chi connectivity index (χ1n) is 3.91. The summed E-state index contributed by atoms with van der Waals surface area (Å²) in [5.41, 5.74) is -0.372. The summed E-state index contributed by atoms with van der Waals surface area (Å²) >= 11 is 1.57. The molecule has 1 heterocycles. The zero-order valence-corrected chi connectivity index (χ0v) is 9.94. The summed E-state index contributed by atoms with van der Waals surface area (Å²) in [5, 5.41) is 0. The molecule has 0 unspecified atom stereocenters. The van der Waals surface area contributed by atoms with Crippen molar-refractivity contribution in [2.24, 2.45) is 0 Å². The molecule has 0 fully saturated rings. The fraction of sp³-hybridized carbons (Fsp3) is 0.375. The van der Waals surface area contributed by atoms with Crippen LogP contribution in [0, 0.1) is 10.6 Å². The number of hydrogen-bond donors (Lipinski definition) is 0. The minimum atomic E-state index is -4.94. The van der Waals surface area contributed by atoms with Crippen LogP contribution in [0.2, 0.25) is 0 Å². The Kier molecular flexibility index (Phi) is 3.92. The lowest BCUT2D eigenvalue weighted by Crippen LogP contribution is -2.18. The first-order valence-corrected chi connectivity index (χ1v) is 4.99. The molecular weight excluding hydrogens is 348 g/mol. The van der Waals surface area contributed by atoms with E-state index in [1.165, 1.54) is 6.92 Å². The van der Waals surface area contributed by atoms with Gasteiger partial charge < -0.3 is 4.74 Å². The normalized spacial score (nSPS) is 12.0. The molecule has 0 saturated carbocycles. The quantitative estimate of drug-likeness (QED) is 0.458. The molecule has 0 N–H and O–H groups in total. The van der Waals surface area contributed by atoms with Gasteiger partial charge in [-0.1, -0.05) is 0 Å². The number of hydrogen-bond acceptors (Lipinski definition) is 2. The van der Waals surface area contributed by atoms with Gasteiger partial charge in [0.05, 0.1) is 0 Å². The molecule has 0 bridgehead atoms. The van der Waals surface area contributed by atoms with E-state index in [9.17, 15) is 22.0 Å². The SMILES string of the molecule is Cc1c(C(F)F)cc(OC(F)(F)F)nc1I. The van der Waals surface area contributed by atoms with Crippen molar-refractivity contribution in [3.63, 3.8) is 0 Å². The van der Waals surface area contributed by atoms with Crippen LogP contribution in [-0.2, 0) is 0 Å². The molecule has 0 aliphatic rings. The van der Waals surface area contributed by atoms with Crippen LogP contribution in [0.15, 0.2) is 6.07 Å². The maximum absolute atomic E-state index is 12.5. The predicted octanol–water partition coefficient (Wildman–Crippen LogP) is 3.83. The van der Waals surface area contributed by atoms with Crippen molar-refractivity contribution in [1.29, 1.82) is 0 Å². The van der Waals surface area contributed by atoms with Crippen LogP contribution < -0.4 is 4.74 Å². The Balaban J connectivity index is 3.14. The Morgan fingerprint density at radius 2 is 1.94 bits per heavy atom. The summed E-state index contributed by atoms with van der Waals surface area (Å²) in [6.45, 7) is 1.35. The van der Waals surface area contributed by atoms with Crippen molar-refractivity contribution in [1.82, 2.24) is 4.98 Å². The summed E-state index contributed by atoms with van der Waals surface area (Å²) in [6.07, 6.45) is -7.81. The average Bonchev–Trinajstić information content (AvgIpc) is 2.07. The highest BCUT2D eigenvalue weighted by Gasteiger charge is 2.32. The zero-order chi connectivity index (χ0) is 12.5. The van der Waals surface area contributed by atoms with Crippen molar-refractivity contribution in [3.05, 3.63) is 20.9 Å². The summed E-state index contributed by atoms with van der Waals surface area (Å²) in [5.74, 6) is -0.877. The molecule has 0 saturated heterocycles. The van der Waals surface area contributed by atoms with Gasteiger partial charge in [-0.15, -0.1) is 13.2 Å². The summed E-state index contributed by atoms with van der Waals surface area (Å²) < 4.78 is 64.0. The Morgan fingerprint density at radius 3 is 2.38 bits per heavy atom. The van der Waals surface area contributed by atoms with Crippen LogP contribution in [0.1, 0.15) is 17.6 Å². The molecule has 1 aromatic heterocycles. The van der Waals surface area contributed by atoms with Crippen molar-refractivity contribution < 1.29 is 26.7 Å². The molecule has 0 radical (unpaired) electrons. The summed E-state index contributed by atoms with van der Waals surface area (Å²) in [6, 6.07) is 0.593. The average molecular weight is 353 g/mol.